The number of carbonyl (C=O) groups excluding carboxylic acids is 1. The number of methoxy groups -OCH3 is 1. The molecule has 0 radical (unpaired) electrons. The summed E-state index contributed by atoms with van der Waals surface area (Å²) in [6.45, 7) is 2.04. The number of anilines is 1. The van der Waals surface area contributed by atoms with Crippen LogP contribution in [0.3, 0.4) is 0 Å². The molecule has 2 aromatic rings. The molecule has 1 aliphatic heterocycles. The molecule has 1 aliphatic carbocycles. The molecule has 1 atom stereocenters. The van der Waals surface area contributed by atoms with Gasteiger partial charge in [-0.3, -0.25) is 4.79 Å². The van der Waals surface area contributed by atoms with Gasteiger partial charge in [-0.1, -0.05) is 24.3 Å². The van der Waals surface area contributed by atoms with Crippen LogP contribution in [0, 0.1) is 0 Å². The van der Waals surface area contributed by atoms with Gasteiger partial charge in [-0.25, -0.2) is 5.01 Å². The molecule has 0 bridgehead atoms. The first-order valence-electron chi connectivity index (χ1n) is 9.87. The number of hydrogen-bond donors (Lipinski definition) is 0. The van der Waals surface area contributed by atoms with E-state index in [4.69, 9.17) is 9.47 Å². The Labute approximate surface area is 166 Å². The van der Waals surface area contributed by atoms with Gasteiger partial charge < -0.3 is 9.47 Å². The van der Waals surface area contributed by atoms with Crippen molar-refractivity contribution in [1.82, 2.24) is 0 Å². The lowest BCUT2D eigenvalue weighted by Gasteiger charge is -2.33. The van der Waals surface area contributed by atoms with Gasteiger partial charge in [0.25, 0.3) is 0 Å². The Morgan fingerprint density at radius 1 is 1.07 bits per heavy atom. The SMILES string of the molecule is COc1ccc(C2(C)C=NN(c3ccccc3)C(=O)C2)cc1OC1CCCC1. The Hall–Kier alpha value is -2.82. The zero-order valence-corrected chi connectivity index (χ0v) is 16.4. The van der Waals surface area contributed by atoms with Gasteiger partial charge in [0.15, 0.2) is 11.5 Å². The van der Waals surface area contributed by atoms with E-state index in [-0.39, 0.29) is 12.0 Å². The van der Waals surface area contributed by atoms with E-state index in [0.29, 0.717) is 6.42 Å². The van der Waals surface area contributed by atoms with Crippen molar-refractivity contribution in [2.24, 2.45) is 5.10 Å². The number of carbonyl (C=O) groups is 1. The Bertz CT molecular complexity index is 875. The highest BCUT2D eigenvalue weighted by Gasteiger charge is 2.35. The lowest BCUT2D eigenvalue weighted by atomic mass is 9.79. The fourth-order valence-corrected chi connectivity index (χ4v) is 3.95. The monoisotopic (exact) mass is 378 g/mol. The third-order valence-corrected chi connectivity index (χ3v) is 5.63. The van der Waals surface area contributed by atoms with E-state index < -0.39 is 5.41 Å². The van der Waals surface area contributed by atoms with Crippen molar-refractivity contribution in [2.45, 2.75) is 50.5 Å². The van der Waals surface area contributed by atoms with Crippen LogP contribution in [0.15, 0.2) is 53.6 Å². The highest BCUT2D eigenvalue weighted by atomic mass is 16.5. The minimum atomic E-state index is -0.484. The largest absolute Gasteiger partial charge is 0.493 e. The van der Waals surface area contributed by atoms with E-state index in [0.717, 1.165) is 35.6 Å². The van der Waals surface area contributed by atoms with Crippen molar-refractivity contribution in [3.8, 4) is 11.5 Å². The first kappa shape index (κ1) is 18.5. The Morgan fingerprint density at radius 2 is 1.82 bits per heavy atom. The van der Waals surface area contributed by atoms with Crippen LogP contribution in [0.2, 0.25) is 0 Å². The van der Waals surface area contributed by atoms with Crippen LogP contribution in [0.4, 0.5) is 5.69 Å². The number of para-hydroxylation sites is 1. The number of rotatable bonds is 5. The lowest BCUT2D eigenvalue weighted by Crippen LogP contribution is -2.40. The second-order valence-corrected chi connectivity index (χ2v) is 7.77. The lowest BCUT2D eigenvalue weighted by molar-refractivity contribution is -0.119. The average molecular weight is 378 g/mol. The third kappa shape index (κ3) is 3.61. The number of benzene rings is 2. The van der Waals surface area contributed by atoms with Crippen molar-refractivity contribution >= 4 is 17.8 Å². The molecule has 2 aromatic carbocycles. The highest BCUT2D eigenvalue weighted by molar-refractivity contribution is 6.00. The predicted octanol–water partition coefficient (Wildman–Crippen LogP) is 4.70. The minimum Gasteiger partial charge on any atom is -0.493 e. The number of ether oxygens (including phenoxy) is 2. The molecular weight excluding hydrogens is 352 g/mol. The van der Waals surface area contributed by atoms with Crippen molar-refractivity contribution in [3.05, 3.63) is 54.1 Å². The molecule has 2 aliphatic rings. The van der Waals surface area contributed by atoms with E-state index in [9.17, 15) is 4.79 Å². The van der Waals surface area contributed by atoms with Crippen molar-refractivity contribution in [3.63, 3.8) is 0 Å². The molecule has 0 N–H and O–H groups in total. The summed E-state index contributed by atoms with van der Waals surface area (Å²) in [6.07, 6.45) is 7.03. The molecule has 28 heavy (non-hydrogen) atoms. The van der Waals surface area contributed by atoms with Gasteiger partial charge >= 0.3 is 0 Å². The molecule has 1 heterocycles. The summed E-state index contributed by atoms with van der Waals surface area (Å²) in [5.41, 5.74) is 1.31. The zero-order valence-electron chi connectivity index (χ0n) is 16.4. The van der Waals surface area contributed by atoms with Crippen LogP contribution in [0.1, 0.15) is 44.6 Å². The van der Waals surface area contributed by atoms with E-state index in [1.165, 1.54) is 17.9 Å². The maximum absolute atomic E-state index is 12.8. The molecule has 0 spiro atoms. The van der Waals surface area contributed by atoms with Gasteiger partial charge in [0.2, 0.25) is 5.91 Å². The third-order valence-electron chi connectivity index (χ3n) is 5.63. The van der Waals surface area contributed by atoms with Gasteiger partial charge in [-0.2, -0.15) is 5.10 Å². The predicted molar refractivity (Wildman–Crippen MR) is 110 cm³/mol. The molecule has 4 rings (SSSR count). The summed E-state index contributed by atoms with van der Waals surface area (Å²) in [4.78, 5) is 12.8. The van der Waals surface area contributed by atoms with Crippen LogP contribution in [0.5, 0.6) is 11.5 Å². The van der Waals surface area contributed by atoms with E-state index in [1.54, 1.807) is 7.11 Å². The second-order valence-electron chi connectivity index (χ2n) is 7.77. The normalized spacial score (nSPS) is 22.5. The zero-order chi connectivity index (χ0) is 19.6. The summed E-state index contributed by atoms with van der Waals surface area (Å²) in [5, 5.41) is 5.95. The fraction of sp³-hybridized carbons (Fsp3) is 0.391. The summed E-state index contributed by atoms with van der Waals surface area (Å²) >= 11 is 0. The maximum Gasteiger partial charge on any atom is 0.248 e. The number of hydrazone groups is 1. The van der Waals surface area contributed by atoms with Crippen LogP contribution in [0.25, 0.3) is 0 Å². The van der Waals surface area contributed by atoms with Gasteiger partial charge in [-0.05, 0) is 62.4 Å². The molecular formula is C23H26N2O3. The van der Waals surface area contributed by atoms with E-state index in [1.807, 2.05) is 61.7 Å². The molecule has 5 heteroatoms. The Kier molecular flexibility index (Phi) is 5.07. The number of nitrogens with zero attached hydrogens (tertiary/aromatic N) is 2. The first-order chi connectivity index (χ1) is 13.6. The Balaban J connectivity index is 1.62. The quantitative estimate of drug-likeness (QED) is 0.758. The molecule has 146 valence electrons. The van der Waals surface area contributed by atoms with E-state index in [2.05, 4.69) is 5.10 Å². The number of hydrogen-bond acceptors (Lipinski definition) is 4. The van der Waals surface area contributed by atoms with Gasteiger partial charge in [-0.15, -0.1) is 0 Å². The van der Waals surface area contributed by atoms with Crippen LogP contribution in [-0.2, 0) is 10.2 Å². The van der Waals surface area contributed by atoms with Gasteiger partial charge in [0.1, 0.15) is 0 Å². The standard InChI is InChI=1S/C23H26N2O3/c1-23(15-22(26)25(24-16-23)18-8-4-3-5-9-18)17-12-13-20(27-2)21(14-17)28-19-10-6-7-11-19/h3-5,8-9,12-14,16,19H,6-7,10-11,15H2,1-2H3. The summed E-state index contributed by atoms with van der Waals surface area (Å²) in [5.74, 6) is 1.45. The van der Waals surface area contributed by atoms with Gasteiger partial charge in [0, 0.05) is 18.1 Å². The van der Waals surface area contributed by atoms with Crippen molar-refractivity contribution < 1.29 is 14.3 Å². The molecule has 5 nitrogen and oxygen atoms in total. The fourth-order valence-electron chi connectivity index (χ4n) is 3.95. The maximum atomic E-state index is 12.8. The minimum absolute atomic E-state index is 0.0229. The van der Waals surface area contributed by atoms with Crippen LogP contribution >= 0.6 is 0 Å². The topological polar surface area (TPSA) is 51.1 Å². The first-order valence-corrected chi connectivity index (χ1v) is 9.87. The highest BCUT2D eigenvalue weighted by Crippen LogP contribution is 2.38. The number of amides is 1. The van der Waals surface area contributed by atoms with Gasteiger partial charge in [0.05, 0.1) is 18.9 Å². The van der Waals surface area contributed by atoms with Crippen molar-refractivity contribution in [1.29, 1.82) is 0 Å². The Morgan fingerprint density at radius 3 is 2.50 bits per heavy atom. The van der Waals surface area contributed by atoms with Crippen molar-refractivity contribution in [2.75, 3.05) is 12.1 Å². The molecule has 1 saturated carbocycles. The second kappa shape index (κ2) is 7.66. The summed E-state index contributed by atoms with van der Waals surface area (Å²) in [6, 6.07) is 15.4. The van der Waals surface area contributed by atoms with E-state index >= 15 is 0 Å². The molecule has 0 aromatic heterocycles. The average Bonchev–Trinajstić information content (AvgIpc) is 3.22. The summed E-state index contributed by atoms with van der Waals surface area (Å²) < 4.78 is 11.7. The van der Waals surface area contributed by atoms with Crippen LogP contribution in [-0.4, -0.2) is 25.3 Å². The van der Waals surface area contributed by atoms with Crippen LogP contribution < -0.4 is 14.5 Å². The molecule has 0 saturated heterocycles. The molecule has 1 fully saturated rings. The smallest absolute Gasteiger partial charge is 0.248 e. The molecule has 1 amide bonds. The summed E-state index contributed by atoms with van der Waals surface area (Å²) in [7, 11) is 1.65. The molecule has 1 unspecified atom stereocenters.